The molecule has 0 saturated carbocycles. The van der Waals surface area contributed by atoms with Gasteiger partial charge < -0.3 is 9.47 Å². The average molecular weight is 407 g/mol. The van der Waals surface area contributed by atoms with Crippen LogP contribution < -0.4 is 9.47 Å². The Kier molecular flexibility index (Phi) is 5.13. The van der Waals surface area contributed by atoms with Crippen molar-refractivity contribution < 1.29 is 9.47 Å². The van der Waals surface area contributed by atoms with Crippen molar-refractivity contribution in [3.63, 3.8) is 0 Å². The van der Waals surface area contributed by atoms with Crippen LogP contribution in [0.5, 0.6) is 17.2 Å². The molecule has 0 N–H and O–H groups in total. The lowest BCUT2D eigenvalue weighted by Crippen LogP contribution is -1.92. The fraction of sp³-hybridized carbons (Fsp3) is 0.143. The summed E-state index contributed by atoms with van der Waals surface area (Å²) in [6, 6.07) is 11.2. The number of ether oxygens (including phenoxy) is 2. The normalized spacial score (nSPS) is 10.3. The highest BCUT2D eigenvalue weighted by Gasteiger charge is 2.11. The third-order valence-corrected chi connectivity index (χ3v) is 4.07. The van der Waals surface area contributed by atoms with Crippen LogP contribution in [-0.2, 0) is 5.33 Å². The van der Waals surface area contributed by atoms with Crippen LogP contribution in [-0.4, -0.2) is 7.11 Å². The van der Waals surface area contributed by atoms with Gasteiger partial charge in [0.2, 0.25) is 0 Å². The van der Waals surface area contributed by atoms with E-state index in [1.807, 2.05) is 30.3 Å². The maximum atomic E-state index is 6.18. The third-order valence-electron chi connectivity index (χ3n) is 2.54. The zero-order chi connectivity index (χ0) is 13.8. The number of hydrogen-bond donors (Lipinski definition) is 0. The molecule has 0 saturated heterocycles. The Morgan fingerprint density at radius 2 is 2.00 bits per heavy atom. The summed E-state index contributed by atoms with van der Waals surface area (Å²) in [5.41, 5.74) is 0.996. The van der Waals surface area contributed by atoms with Crippen molar-refractivity contribution in [1.29, 1.82) is 0 Å². The van der Waals surface area contributed by atoms with Crippen molar-refractivity contribution in [2.24, 2.45) is 0 Å². The quantitative estimate of drug-likeness (QED) is 0.598. The lowest BCUT2D eigenvalue weighted by Gasteiger charge is -2.13. The molecule has 100 valence electrons. The Labute approximate surface area is 133 Å². The molecular weight excluding hydrogens is 395 g/mol. The minimum absolute atomic E-state index is 0.583. The van der Waals surface area contributed by atoms with Crippen LogP contribution in [0.1, 0.15) is 5.56 Å². The first kappa shape index (κ1) is 14.7. The Hall–Kier alpha value is -0.710. The second-order valence-electron chi connectivity index (χ2n) is 3.76. The second-order valence-corrected chi connectivity index (χ2v) is 5.58. The Balaban J connectivity index is 2.36. The van der Waals surface area contributed by atoms with Crippen molar-refractivity contribution >= 4 is 43.5 Å². The van der Waals surface area contributed by atoms with Crippen molar-refractivity contribution in [3.8, 4) is 17.2 Å². The fourth-order valence-corrected chi connectivity index (χ4v) is 2.69. The molecule has 0 aromatic heterocycles. The first-order chi connectivity index (χ1) is 9.15. The highest BCUT2D eigenvalue weighted by molar-refractivity contribution is 9.10. The van der Waals surface area contributed by atoms with Gasteiger partial charge in [-0.2, -0.15) is 0 Å². The molecule has 2 rings (SSSR count). The molecule has 0 amide bonds. The molecule has 2 aromatic carbocycles. The van der Waals surface area contributed by atoms with Gasteiger partial charge in [-0.1, -0.05) is 39.7 Å². The molecule has 0 fully saturated rings. The Bertz CT molecular complexity index is 588. The summed E-state index contributed by atoms with van der Waals surface area (Å²) < 4.78 is 11.9. The Morgan fingerprint density at radius 3 is 2.63 bits per heavy atom. The van der Waals surface area contributed by atoms with Crippen molar-refractivity contribution in [2.45, 2.75) is 5.33 Å². The van der Waals surface area contributed by atoms with Gasteiger partial charge in [0.1, 0.15) is 17.2 Å². The molecule has 0 radical (unpaired) electrons. The van der Waals surface area contributed by atoms with Crippen LogP contribution in [0.15, 0.2) is 40.9 Å². The molecule has 0 aliphatic rings. The maximum Gasteiger partial charge on any atom is 0.150 e. The molecule has 0 bridgehead atoms. The predicted octanol–water partition coefficient (Wildman–Crippen LogP) is 5.80. The number of halogens is 3. The van der Waals surface area contributed by atoms with Crippen molar-refractivity contribution in [3.05, 3.63) is 51.5 Å². The molecule has 2 aromatic rings. The van der Waals surface area contributed by atoms with E-state index in [2.05, 4.69) is 31.9 Å². The van der Waals surface area contributed by atoms with Crippen molar-refractivity contribution in [1.82, 2.24) is 0 Å². The van der Waals surface area contributed by atoms with E-state index in [1.165, 1.54) is 0 Å². The van der Waals surface area contributed by atoms with E-state index in [1.54, 1.807) is 13.2 Å². The van der Waals surface area contributed by atoms with Gasteiger partial charge in [-0.3, -0.25) is 0 Å². The fourth-order valence-electron chi connectivity index (χ4n) is 1.57. The molecule has 0 unspecified atom stereocenters. The number of rotatable bonds is 4. The van der Waals surface area contributed by atoms with Gasteiger partial charge in [0.05, 0.1) is 16.6 Å². The molecule has 2 nitrogen and oxygen atoms in total. The minimum atomic E-state index is 0.583. The average Bonchev–Trinajstić information content (AvgIpc) is 2.42. The van der Waals surface area contributed by atoms with Crippen LogP contribution >= 0.6 is 43.5 Å². The lowest BCUT2D eigenvalue weighted by molar-refractivity contribution is 0.412. The first-order valence-electron chi connectivity index (χ1n) is 5.50. The summed E-state index contributed by atoms with van der Waals surface area (Å²) in [7, 11) is 1.62. The standard InChI is InChI=1S/C14H11Br2ClO2/c1-18-10-5-6-13(11(16)7-10)19-14-9(8-15)3-2-4-12(14)17/h2-7H,8H2,1H3. The molecule has 5 heteroatoms. The van der Waals surface area contributed by atoms with Crippen LogP contribution in [0.25, 0.3) is 0 Å². The van der Waals surface area contributed by atoms with E-state index in [4.69, 9.17) is 21.1 Å². The smallest absolute Gasteiger partial charge is 0.150 e. The Morgan fingerprint density at radius 1 is 1.21 bits per heavy atom. The minimum Gasteiger partial charge on any atom is -0.497 e. The van der Waals surface area contributed by atoms with Gasteiger partial charge in [0.25, 0.3) is 0 Å². The number of benzene rings is 2. The first-order valence-corrected chi connectivity index (χ1v) is 7.79. The maximum absolute atomic E-state index is 6.18. The third kappa shape index (κ3) is 3.44. The van der Waals surface area contributed by atoms with E-state index < -0.39 is 0 Å². The van der Waals surface area contributed by atoms with Gasteiger partial charge >= 0.3 is 0 Å². The van der Waals surface area contributed by atoms with Crippen LogP contribution in [0.3, 0.4) is 0 Å². The highest BCUT2D eigenvalue weighted by Crippen LogP contribution is 2.38. The van der Waals surface area contributed by atoms with E-state index >= 15 is 0 Å². The summed E-state index contributed by atoms with van der Waals surface area (Å²) in [6.07, 6.45) is 0. The summed E-state index contributed by atoms with van der Waals surface area (Å²) in [6.45, 7) is 0. The number of methoxy groups -OCH3 is 1. The zero-order valence-corrected chi connectivity index (χ0v) is 14.0. The number of alkyl halides is 1. The molecule has 0 spiro atoms. The molecule has 0 atom stereocenters. The van der Waals surface area contributed by atoms with E-state index in [0.29, 0.717) is 21.9 Å². The van der Waals surface area contributed by atoms with Crippen molar-refractivity contribution in [2.75, 3.05) is 7.11 Å². The second kappa shape index (κ2) is 6.64. The van der Waals surface area contributed by atoms with Gasteiger partial charge in [0.15, 0.2) is 0 Å². The number of hydrogen-bond acceptors (Lipinski definition) is 2. The van der Waals surface area contributed by atoms with Crippen LogP contribution in [0.4, 0.5) is 0 Å². The summed E-state index contributed by atoms with van der Waals surface area (Å²) in [4.78, 5) is 0. The summed E-state index contributed by atoms with van der Waals surface area (Å²) >= 11 is 13.1. The van der Waals surface area contributed by atoms with Gasteiger partial charge in [-0.25, -0.2) is 0 Å². The molecule has 19 heavy (non-hydrogen) atoms. The molecular formula is C14H11Br2ClO2. The van der Waals surface area contributed by atoms with Gasteiger partial charge in [-0.05, 0) is 40.2 Å². The topological polar surface area (TPSA) is 18.5 Å². The van der Waals surface area contributed by atoms with Gasteiger partial charge in [0, 0.05) is 10.9 Å². The van der Waals surface area contributed by atoms with E-state index in [9.17, 15) is 0 Å². The lowest BCUT2D eigenvalue weighted by atomic mass is 10.2. The molecule has 0 aliphatic carbocycles. The highest BCUT2D eigenvalue weighted by atomic mass is 79.9. The predicted molar refractivity (Wildman–Crippen MR) is 84.9 cm³/mol. The van der Waals surface area contributed by atoms with E-state index in [0.717, 1.165) is 15.8 Å². The largest absolute Gasteiger partial charge is 0.497 e. The zero-order valence-electron chi connectivity index (χ0n) is 10.1. The van der Waals surface area contributed by atoms with E-state index in [-0.39, 0.29) is 0 Å². The SMILES string of the molecule is COc1ccc(Oc2c(Cl)cccc2CBr)c(Br)c1. The summed E-state index contributed by atoms with van der Waals surface area (Å²) in [5, 5.41) is 1.26. The van der Waals surface area contributed by atoms with Crippen LogP contribution in [0, 0.1) is 0 Å². The molecule has 0 heterocycles. The van der Waals surface area contributed by atoms with Gasteiger partial charge in [-0.15, -0.1) is 0 Å². The monoisotopic (exact) mass is 404 g/mol. The molecule has 0 aliphatic heterocycles. The van der Waals surface area contributed by atoms with Crippen LogP contribution in [0.2, 0.25) is 5.02 Å². The number of para-hydroxylation sites is 1. The summed E-state index contributed by atoms with van der Waals surface area (Å²) in [5.74, 6) is 2.11.